The zero-order chi connectivity index (χ0) is 21.1. The van der Waals surface area contributed by atoms with Crippen molar-refractivity contribution in [3.63, 3.8) is 0 Å². The molecule has 7 heteroatoms. The summed E-state index contributed by atoms with van der Waals surface area (Å²) in [6.07, 6.45) is 7.60. The van der Waals surface area contributed by atoms with Crippen molar-refractivity contribution in [1.82, 2.24) is 19.4 Å². The molecule has 4 rings (SSSR count). The number of carbonyl (C=O) groups excluding carboxylic acids is 1. The first kappa shape index (κ1) is 20.6. The number of carbonyl (C=O) groups is 1. The fourth-order valence-corrected chi connectivity index (χ4v) is 4.29. The van der Waals surface area contributed by atoms with Crippen molar-refractivity contribution < 1.29 is 9.21 Å². The summed E-state index contributed by atoms with van der Waals surface area (Å²) < 4.78 is 7.11. The van der Waals surface area contributed by atoms with E-state index in [0.29, 0.717) is 23.6 Å². The second-order valence-corrected chi connectivity index (χ2v) is 8.60. The van der Waals surface area contributed by atoms with Crippen molar-refractivity contribution in [1.29, 1.82) is 0 Å². The van der Waals surface area contributed by atoms with Crippen LogP contribution in [0, 0.1) is 5.92 Å². The predicted molar refractivity (Wildman–Crippen MR) is 117 cm³/mol. The highest BCUT2D eigenvalue weighted by Crippen LogP contribution is 2.25. The molecule has 1 aliphatic carbocycles. The van der Waals surface area contributed by atoms with E-state index in [-0.39, 0.29) is 23.6 Å². The van der Waals surface area contributed by atoms with Gasteiger partial charge in [-0.25, -0.2) is 4.98 Å². The summed E-state index contributed by atoms with van der Waals surface area (Å²) in [4.78, 5) is 34.5. The van der Waals surface area contributed by atoms with Gasteiger partial charge >= 0.3 is 0 Å². The van der Waals surface area contributed by atoms with Crippen LogP contribution in [0.2, 0.25) is 0 Å². The summed E-state index contributed by atoms with van der Waals surface area (Å²) >= 11 is 0. The summed E-state index contributed by atoms with van der Waals surface area (Å²) in [5, 5.41) is 0.813. The molecule has 0 bridgehead atoms. The molecule has 1 amide bonds. The molecule has 0 N–H and O–H groups in total. The molecule has 1 aliphatic rings. The topological polar surface area (TPSA) is 71.6 Å². The molecule has 3 aromatic rings. The van der Waals surface area contributed by atoms with Gasteiger partial charge in [0.15, 0.2) is 0 Å². The minimum atomic E-state index is -0.310. The Morgan fingerprint density at radius 1 is 1.17 bits per heavy atom. The average Bonchev–Trinajstić information content (AvgIpc) is 3.13. The van der Waals surface area contributed by atoms with Crippen LogP contribution in [0.25, 0.3) is 22.1 Å². The normalized spacial score (nSPS) is 15.3. The molecule has 0 unspecified atom stereocenters. The predicted octanol–water partition coefficient (Wildman–Crippen LogP) is 3.11. The van der Waals surface area contributed by atoms with E-state index in [1.165, 1.54) is 43.0 Å². The van der Waals surface area contributed by atoms with Gasteiger partial charge in [0.05, 0.1) is 6.33 Å². The van der Waals surface area contributed by atoms with Gasteiger partial charge in [-0.1, -0.05) is 31.4 Å². The SMILES string of the molecule is CN(C)CCN(CC1CCCCC1)C(=O)Cn1cnc2c(oc3ccccc32)c1=O. The standard InChI is InChI=1S/C23H30N4O3/c1-25(2)12-13-26(14-17-8-4-3-5-9-17)20(28)15-27-16-24-21-18-10-6-7-11-19(18)30-22(21)23(27)29/h6-7,10-11,16-17H,3-5,8-9,12-15H2,1-2H3. The van der Waals surface area contributed by atoms with Crippen molar-refractivity contribution in [2.45, 2.75) is 38.6 Å². The average molecular weight is 411 g/mol. The second kappa shape index (κ2) is 9.00. The van der Waals surface area contributed by atoms with Gasteiger partial charge < -0.3 is 14.2 Å². The second-order valence-electron chi connectivity index (χ2n) is 8.60. The van der Waals surface area contributed by atoms with Crippen LogP contribution in [0.1, 0.15) is 32.1 Å². The van der Waals surface area contributed by atoms with Crippen molar-refractivity contribution in [3.05, 3.63) is 40.9 Å². The molecule has 1 saturated carbocycles. The largest absolute Gasteiger partial charge is 0.448 e. The molecule has 0 radical (unpaired) electrons. The summed E-state index contributed by atoms with van der Waals surface area (Å²) in [5.41, 5.74) is 1.07. The van der Waals surface area contributed by atoms with E-state index in [4.69, 9.17) is 4.42 Å². The lowest BCUT2D eigenvalue weighted by molar-refractivity contribution is -0.132. The Kier molecular flexibility index (Phi) is 6.18. The smallest absolute Gasteiger partial charge is 0.297 e. The van der Waals surface area contributed by atoms with Crippen molar-refractivity contribution >= 4 is 28.0 Å². The molecule has 1 fully saturated rings. The Morgan fingerprint density at radius 3 is 2.70 bits per heavy atom. The number of likely N-dealkylation sites (N-methyl/N-ethyl adjacent to an activating group) is 1. The van der Waals surface area contributed by atoms with Crippen LogP contribution in [-0.4, -0.2) is 59.0 Å². The highest BCUT2D eigenvalue weighted by Gasteiger charge is 2.22. The summed E-state index contributed by atoms with van der Waals surface area (Å²) in [6, 6.07) is 7.46. The van der Waals surface area contributed by atoms with Gasteiger partial charge in [0.1, 0.15) is 17.6 Å². The molecular weight excluding hydrogens is 380 g/mol. The molecule has 2 aromatic heterocycles. The zero-order valence-electron chi connectivity index (χ0n) is 17.8. The number of para-hydroxylation sites is 1. The van der Waals surface area contributed by atoms with Gasteiger partial charge in [-0.3, -0.25) is 14.2 Å². The number of aromatic nitrogens is 2. The summed E-state index contributed by atoms with van der Waals surface area (Å²) in [6.45, 7) is 2.21. The number of hydrogen-bond acceptors (Lipinski definition) is 5. The third-order valence-corrected chi connectivity index (χ3v) is 6.03. The molecular formula is C23H30N4O3. The fourth-order valence-electron chi connectivity index (χ4n) is 4.29. The van der Waals surface area contributed by atoms with E-state index in [9.17, 15) is 9.59 Å². The van der Waals surface area contributed by atoms with Gasteiger partial charge in [-0.15, -0.1) is 0 Å². The quantitative estimate of drug-likeness (QED) is 0.598. The van der Waals surface area contributed by atoms with Crippen LogP contribution in [0.5, 0.6) is 0 Å². The maximum absolute atomic E-state index is 13.1. The lowest BCUT2D eigenvalue weighted by atomic mass is 9.89. The molecule has 0 spiro atoms. The molecule has 0 aliphatic heterocycles. The number of hydrogen-bond donors (Lipinski definition) is 0. The van der Waals surface area contributed by atoms with Crippen LogP contribution in [0.15, 0.2) is 39.8 Å². The lowest BCUT2D eigenvalue weighted by Crippen LogP contribution is -2.42. The fraction of sp³-hybridized carbons (Fsp3) is 0.522. The number of rotatable bonds is 7. The van der Waals surface area contributed by atoms with E-state index in [0.717, 1.165) is 18.5 Å². The van der Waals surface area contributed by atoms with Crippen LogP contribution in [0.4, 0.5) is 0 Å². The Morgan fingerprint density at radius 2 is 1.93 bits per heavy atom. The summed E-state index contributed by atoms with van der Waals surface area (Å²) in [7, 11) is 4.01. The Labute approximate surface area is 176 Å². The first-order valence-electron chi connectivity index (χ1n) is 10.8. The van der Waals surface area contributed by atoms with Crippen molar-refractivity contribution in [2.75, 3.05) is 33.7 Å². The van der Waals surface area contributed by atoms with E-state index >= 15 is 0 Å². The number of benzene rings is 1. The number of fused-ring (bicyclic) bond motifs is 3. The lowest BCUT2D eigenvalue weighted by Gasteiger charge is -2.30. The summed E-state index contributed by atoms with van der Waals surface area (Å²) in [5.74, 6) is 0.513. The van der Waals surface area contributed by atoms with E-state index < -0.39 is 0 Å². The van der Waals surface area contributed by atoms with Gasteiger partial charge in [-0.2, -0.15) is 0 Å². The van der Waals surface area contributed by atoms with Crippen LogP contribution >= 0.6 is 0 Å². The van der Waals surface area contributed by atoms with Crippen LogP contribution in [0.3, 0.4) is 0 Å². The molecule has 1 aromatic carbocycles. The first-order valence-corrected chi connectivity index (χ1v) is 10.8. The Hall–Kier alpha value is -2.67. The van der Waals surface area contributed by atoms with Gasteiger partial charge in [0, 0.05) is 25.0 Å². The third kappa shape index (κ3) is 4.41. The van der Waals surface area contributed by atoms with E-state index in [1.807, 2.05) is 43.3 Å². The Balaban J connectivity index is 1.55. The monoisotopic (exact) mass is 410 g/mol. The third-order valence-electron chi connectivity index (χ3n) is 6.03. The number of nitrogens with zero attached hydrogens (tertiary/aromatic N) is 4. The molecule has 7 nitrogen and oxygen atoms in total. The van der Waals surface area contributed by atoms with Crippen molar-refractivity contribution in [2.24, 2.45) is 5.92 Å². The minimum absolute atomic E-state index is 0.0149. The number of furan rings is 1. The first-order chi connectivity index (χ1) is 14.5. The molecule has 2 heterocycles. The van der Waals surface area contributed by atoms with Crippen molar-refractivity contribution in [3.8, 4) is 0 Å². The Bertz CT molecular complexity index is 1080. The van der Waals surface area contributed by atoms with Crippen LogP contribution in [-0.2, 0) is 11.3 Å². The highest BCUT2D eigenvalue weighted by atomic mass is 16.3. The number of amides is 1. The molecule has 30 heavy (non-hydrogen) atoms. The van der Waals surface area contributed by atoms with E-state index in [1.54, 1.807) is 0 Å². The van der Waals surface area contributed by atoms with E-state index in [2.05, 4.69) is 9.88 Å². The molecule has 160 valence electrons. The molecule has 0 atom stereocenters. The maximum Gasteiger partial charge on any atom is 0.297 e. The van der Waals surface area contributed by atoms with Gasteiger partial charge in [0.25, 0.3) is 5.56 Å². The highest BCUT2D eigenvalue weighted by molar-refractivity contribution is 6.01. The molecule has 0 saturated heterocycles. The van der Waals surface area contributed by atoms with Gasteiger partial charge in [0.2, 0.25) is 11.5 Å². The zero-order valence-corrected chi connectivity index (χ0v) is 17.8. The maximum atomic E-state index is 13.1. The minimum Gasteiger partial charge on any atom is -0.448 e. The van der Waals surface area contributed by atoms with Gasteiger partial charge in [-0.05, 0) is 45.0 Å². The van der Waals surface area contributed by atoms with Crippen LogP contribution < -0.4 is 5.56 Å².